The molecule has 0 aliphatic heterocycles. The zero-order chi connectivity index (χ0) is 12.4. The summed E-state index contributed by atoms with van der Waals surface area (Å²) in [5.41, 5.74) is 0.611. The van der Waals surface area contributed by atoms with E-state index in [4.69, 9.17) is 0 Å². The molecule has 0 radical (unpaired) electrons. The van der Waals surface area contributed by atoms with Crippen LogP contribution >= 0.6 is 0 Å². The van der Waals surface area contributed by atoms with Crippen molar-refractivity contribution in [2.24, 2.45) is 5.41 Å². The minimum atomic E-state index is 0.611. The highest BCUT2D eigenvalue weighted by molar-refractivity contribution is 4.76. The van der Waals surface area contributed by atoms with Crippen LogP contribution in [0.4, 0.5) is 0 Å². The van der Waals surface area contributed by atoms with Gasteiger partial charge in [0.15, 0.2) is 0 Å². The fourth-order valence-electron chi connectivity index (χ4n) is 2.64. The summed E-state index contributed by atoms with van der Waals surface area (Å²) in [5, 5.41) is 0. The predicted molar refractivity (Wildman–Crippen MR) is 74.9 cm³/mol. The fourth-order valence-corrected chi connectivity index (χ4v) is 2.64. The molecule has 98 valence electrons. The van der Waals surface area contributed by atoms with E-state index < -0.39 is 0 Å². The van der Waals surface area contributed by atoms with Gasteiger partial charge >= 0.3 is 0 Å². The molecule has 0 bridgehead atoms. The molecule has 16 heavy (non-hydrogen) atoms. The molecule has 0 rings (SSSR count). The van der Waals surface area contributed by atoms with Crippen LogP contribution in [0.15, 0.2) is 0 Å². The van der Waals surface area contributed by atoms with Crippen LogP contribution in [0, 0.1) is 5.41 Å². The zero-order valence-corrected chi connectivity index (χ0v) is 12.3. The minimum Gasteiger partial charge on any atom is -0.303 e. The van der Waals surface area contributed by atoms with Gasteiger partial charge < -0.3 is 4.90 Å². The third kappa shape index (κ3) is 5.34. The van der Waals surface area contributed by atoms with Gasteiger partial charge in [-0.3, -0.25) is 0 Å². The van der Waals surface area contributed by atoms with Crippen LogP contribution in [0.1, 0.15) is 73.1 Å². The lowest BCUT2D eigenvalue weighted by molar-refractivity contribution is 0.172. The Bertz CT molecular complexity index is 135. The van der Waals surface area contributed by atoms with Crippen molar-refractivity contribution in [2.75, 3.05) is 19.6 Å². The molecule has 0 N–H and O–H groups in total. The normalized spacial score (nSPS) is 12.4. The molecule has 0 aliphatic carbocycles. The highest BCUT2D eigenvalue weighted by atomic mass is 15.1. The Hall–Kier alpha value is -0.0400. The summed E-state index contributed by atoms with van der Waals surface area (Å²) in [5.74, 6) is 0. The van der Waals surface area contributed by atoms with Gasteiger partial charge in [0.1, 0.15) is 0 Å². The molecular weight excluding hydrogens is 194 g/mol. The van der Waals surface area contributed by atoms with Gasteiger partial charge in [0.25, 0.3) is 0 Å². The second kappa shape index (κ2) is 9.04. The molecule has 0 fully saturated rings. The topological polar surface area (TPSA) is 3.24 Å². The summed E-state index contributed by atoms with van der Waals surface area (Å²) in [6, 6.07) is 0. The molecular formula is C15H33N. The molecule has 0 saturated heterocycles. The van der Waals surface area contributed by atoms with E-state index in [0.717, 1.165) is 0 Å². The lowest BCUT2D eigenvalue weighted by Gasteiger charge is -2.33. The lowest BCUT2D eigenvalue weighted by Crippen LogP contribution is -2.31. The Balaban J connectivity index is 4.13. The Morgan fingerprint density at radius 3 is 1.44 bits per heavy atom. The molecule has 1 heteroatoms. The first-order chi connectivity index (χ1) is 7.67. The predicted octanol–water partition coefficient (Wildman–Crippen LogP) is 4.71. The molecule has 0 amide bonds. The van der Waals surface area contributed by atoms with E-state index in [-0.39, 0.29) is 0 Å². The van der Waals surface area contributed by atoms with Crippen molar-refractivity contribution < 1.29 is 0 Å². The van der Waals surface area contributed by atoms with Crippen LogP contribution in [0.2, 0.25) is 0 Å². The standard InChI is InChI=1S/C15H33N/c1-6-12-16(13-7-2)14-11-15(8-3,9-4)10-5/h6-14H2,1-5H3. The maximum atomic E-state index is 2.65. The number of nitrogens with zero attached hydrogens (tertiary/aromatic N) is 1. The van der Waals surface area contributed by atoms with Gasteiger partial charge in [-0.15, -0.1) is 0 Å². The van der Waals surface area contributed by atoms with Crippen LogP contribution in [-0.4, -0.2) is 24.5 Å². The van der Waals surface area contributed by atoms with E-state index >= 15 is 0 Å². The monoisotopic (exact) mass is 227 g/mol. The van der Waals surface area contributed by atoms with Crippen molar-refractivity contribution in [1.82, 2.24) is 4.90 Å². The third-order valence-corrected chi connectivity index (χ3v) is 4.29. The third-order valence-electron chi connectivity index (χ3n) is 4.29. The molecule has 0 aromatic rings. The van der Waals surface area contributed by atoms with Crippen molar-refractivity contribution in [2.45, 2.75) is 73.1 Å². The summed E-state index contributed by atoms with van der Waals surface area (Å²) in [6.07, 6.45) is 7.98. The maximum absolute atomic E-state index is 2.65. The van der Waals surface area contributed by atoms with Crippen LogP contribution < -0.4 is 0 Å². The molecule has 0 atom stereocenters. The van der Waals surface area contributed by atoms with E-state index in [2.05, 4.69) is 39.5 Å². The molecule has 0 saturated carbocycles. The Labute approximate surface area is 104 Å². The van der Waals surface area contributed by atoms with Gasteiger partial charge in [-0.1, -0.05) is 53.9 Å². The maximum Gasteiger partial charge on any atom is -0.00135 e. The van der Waals surface area contributed by atoms with Gasteiger partial charge in [-0.25, -0.2) is 0 Å². The summed E-state index contributed by atoms with van der Waals surface area (Å²) in [7, 11) is 0. The molecule has 0 unspecified atom stereocenters. The first-order valence-corrected chi connectivity index (χ1v) is 7.40. The summed E-state index contributed by atoms with van der Waals surface area (Å²) < 4.78 is 0. The van der Waals surface area contributed by atoms with E-state index in [9.17, 15) is 0 Å². The van der Waals surface area contributed by atoms with E-state index in [1.54, 1.807) is 0 Å². The van der Waals surface area contributed by atoms with Gasteiger partial charge in [-0.2, -0.15) is 0 Å². The summed E-state index contributed by atoms with van der Waals surface area (Å²) in [6.45, 7) is 15.5. The van der Waals surface area contributed by atoms with Crippen LogP contribution in [0.5, 0.6) is 0 Å². The second-order valence-corrected chi connectivity index (χ2v) is 5.15. The average molecular weight is 227 g/mol. The van der Waals surface area contributed by atoms with Gasteiger partial charge in [0, 0.05) is 0 Å². The fraction of sp³-hybridized carbons (Fsp3) is 1.00. The largest absolute Gasteiger partial charge is 0.303 e. The second-order valence-electron chi connectivity index (χ2n) is 5.15. The molecule has 0 aromatic carbocycles. The van der Waals surface area contributed by atoms with Crippen molar-refractivity contribution >= 4 is 0 Å². The quantitative estimate of drug-likeness (QED) is 0.522. The van der Waals surface area contributed by atoms with Crippen molar-refractivity contribution in [1.29, 1.82) is 0 Å². The average Bonchev–Trinajstić information content (AvgIpc) is 2.32. The first kappa shape index (κ1) is 16.0. The highest BCUT2D eigenvalue weighted by Crippen LogP contribution is 2.34. The molecule has 0 spiro atoms. The van der Waals surface area contributed by atoms with Gasteiger partial charge in [0.05, 0.1) is 0 Å². The first-order valence-electron chi connectivity index (χ1n) is 7.40. The number of rotatable bonds is 10. The summed E-state index contributed by atoms with van der Waals surface area (Å²) >= 11 is 0. The number of hydrogen-bond acceptors (Lipinski definition) is 1. The van der Waals surface area contributed by atoms with Crippen LogP contribution in [0.25, 0.3) is 0 Å². The van der Waals surface area contributed by atoms with Gasteiger partial charge in [-0.05, 0) is 44.3 Å². The molecule has 0 aromatic heterocycles. The smallest absolute Gasteiger partial charge is 0.00135 e. The minimum absolute atomic E-state index is 0.611. The van der Waals surface area contributed by atoms with E-state index in [0.29, 0.717) is 5.41 Å². The van der Waals surface area contributed by atoms with Crippen molar-refractivity contribution in [3.63, 3.8) is 0 Å². The van der Waals surface area contributed by atoms with E-state index in [1.807, 2.05) is 0 Å². The van der Waals surface area contributed by atoms with Crippen molar-refractivity contribution in [3.05, 3.63) is 0 Å². The molecule has 0 aliphatic rings. The zero-order valence-electron chi connectivity index (χ0n) is 12.3. The Kier molecular flexibility index (Phi) is 9.02. The van der Waals surface area contributed by atoms with Crippen LogP contribution in [0.3, 0.4) is 0 Å². The number of hydrogen-bond donors (Lipinski definition) is 0. The lowest BCUT2D eigenvalue weighted by atomic mass is 9.77. The Morgan fingerprint density at radius 2 is 1.12 bits per heavy atom. The summed E-state index contributed by atoms with van der Waals surface area (Å²) in [4.78, 5) is 2.65. The van der Waals surface area contributed by atoms with Gasteiger partial charge in [0.2, 0.25) is 0 Å². The van der Waals surface area contributed by atoms with E-state index in [1.165, 1.54) is 58.2 Å². The molecule has 1 nitrogen and oxygen atoms in total. The molecule has 0 heterocycles. The Morgan fingerprint density at radius 1 is 0.688 bits per heavy atom. The van der Waals surface area contributed by atoms with Crippen LogP contribution in [-0.2, 0) is 0 Å². The SMILES string of the molecule is CCCN(CCC)CCC(CC)(CC)CC. The highest BCUT2D eigenvalue weighted by Gasteiger charge is 2.24. The van der Waals surface area contributed by atoms with Crippen molar-refractivity contribution in [3.8, 4) is 0 Å².